The maximum Gasteiger partial charge on any atom is 0.228 e. The maximum atomic E-state index is 13.0. The smallest absolute Gasteiger partial charge is 0.228 e. The number of piperidine rings is 1. The zero-order valence-electron chi connectivity index (χ0n) is 18.6. The Morgan fingerprint density at radius 1 is 1.03 bits per heavy atom. The Morgan fingerprint density at radius 2 is 1.94 bits per heavy atom. The monoisotopic (exact) mass is 444 g/mol. The molecule has 0 saturated carbocycles. The van der Waals surface area contributed by atoms with Crippen molar-refractivity contribution in [3.05, 3.63) is 66.5 Å². The molecule has 0 spiro atoms. The number of hydrogen-bond acceptors (Lipinski definition) is 7. The fourth-order valence-electron chi connectivity index (χ4n) is 4.55. The average molecular weight is 445 g/mol. The Balaban J connectivity index is 1.42. The minimum atomic E-state index is 0.115. The van der Waals surface area contributed by atoms with Crippen LogP contribution in [-0.4, -0.2) is 70.1 Å². The van der Waals surface area contributed by atoms with Crippen LogP contribution in [0.5, 0.6) is 0 Å². The number of amides is 1. The van der Waals surface area contributed by atoms with Gasteiger partial charge in [0, 0.05) is 73.7 Å². The van der Waals surface area contributed by atoms with Gasteiger partial charge in [-0.05, 0) is 31.0 Å². The van der Waals surface area contributed by atoms with E-state index in [1.165, 1.54) is 0 Å². The van der Waals surface area contributed by atoms with Crippen LogP contribution in [0.25, 0.3) is 11.1 Å². The number of ether oxygens (including phenoxy) is 1. The zero-order valence-corrected chi connectivity index (χ0v) is 18.6. The topological polar surface area (TPSA) is 84.3 Å². The van der Waals surface area contributed by atoms with E-state index in [0.717, 1.165) is 60.9 Å². The van der Waals surface area contributed by atoms with Crippen molar-refractivity contribution in [2.75, 3.05) is 44.3 Å². The third kappa shape index (κ3) is 5.01. The second kappa shape index (κ2) is 10.0. The van der Waals surface area contributed by atoms with E-state index in [4.69, 9.17) is 9.72 Å². The number of nitrogens with zero attached hydrogens (tertiary/aromatic N) is 6. The summed E-state index contributed by atoms with van der Waals surface area (Å²) in [6.07, 6.45) is 9.52. The van der Waals surface area contributed by atoms with Crippen molar-refractivity contribution in [1.82, 2.24) is 24.8 Å². The Hall–Kier alpha value is -3.39. The first-order valence-corrected chi connectivity index (χ1v) is 11.6. The third-order valence-corrected chi connectivity index (χ3v) is 6.29. The van der Waals surface area contributed by atoms with Crippen LogP contribution in [0, 0.1) is 0 Å². The second-order valence-electron chi connectivity index (χ2n) is 8.49. The van der Waals surface area contributed by atoms with Gasteiger partial charge in [0.15, 0.2) is 0 Å². The predicted octanol–water partition coefficient (Wildman–Crippen LogP) is 2.72. The highest BCUT2D eigenvalue weighted by Crippen LogP contribution is 2.34. The Morgan fingerprint density at radius 3 is 2.73 bits per heavy atom. The highest BCUT2D eigenvalue weighted by Gasteiger charge is 2.29. The van der Waals surface area contributed by atoms with E-state index in [2.05, 4.69) is 19.9 Å². The molecule has 2 aliphatic rings. The summed E-state index contributed by atoms with van der Waals surface area (Å²) in [6.45, 7) is 4.35. The van der Waals surface area contributed by atoms with Gasteiger partial charge >= 0.3 is 0 Å². The van der Waals surface area contributed by atoms with Crippen LogP contribution in [0.4, 0.5) is 5.95 Å². The van der Waals surface area contributed by atoms with Crippen LogP contribution >= 0.6 is 0 Å². The number of pyridine rings is 2. The lowest BCUT2D eigenvalue weighted by molar-refractivity contribution is -0.131. The molecular weight excluding hydrogens is 416 g/mol. The van der Waals surface area contributed by atoms with E-state index in [1.54, 1.807) is 12.4 Å². The first kappa shape index (κ1) is 21.5. The molecular formula is C25H28N6O2. The number of aromatic nitrogens is 4. The summed E-state index contributed by atoms with van der Waals surface area (Å²) in [5.41, 5.74) is 3.79. The van der Waals surface area contributed by atoms with Crippen molar-refractivity contribution in [2.45, 2.75) is 25.2 Å². The van der Waals surface area contributed by atoms with Crippen LogP contribution in [0.15, 0.2) is 55.1 Å². The molecule has 3 aromatic rings. The standard InChI is InChI=1S/C25H28N6O2/c32-23(15-21-7-1-2-9-27-21)31-10-4-6-20(18-31)24-22(19-5-3-8-26-16-19)17-28-25(29-24)30-11-13-33-14-12-30/h1-3,5,7-9,16-17,20H,4,6,10-15,18H2. The fraction of sp³-hybridized carbons (Fsp3) is 0.400. The van der Waals surface area contributed by atoms with Gasteiger partial charge in [-0.3, -0.25) is 14.8 Å². The molecule has 2 saturated heterocycles. The Labute approximate surface area is 193 Å². The maximum absolute atomic E-state index is 13.0. The second-order valence-corrected chi connectivity index (χ2v) is 8.49. The molecule has 1 unspecified atom stereocenters. The zero-order chi connectivity index (χ0) is 22.5. The van der Waals surface area contributed by atoms with Gasteiger partial charge in [-0.2, -0.15) is 0 Å². The van der Waals surface area contributed by atoms with Gasteiger partial charge in [-0.1, -0.05) is 12.1 Å². The molecule has 5 heterocycles. The highest BCUT2D eigenvalue weighted by atomic mass is 16.5. The van der Waals surface area contributed by atoms with E-state index in [1.807, 2.05) is 47.6 Å². The Bertz CT molecular complexity index is 1070. The molecule has 0 aliphatic carbocycles. The molecule has 0 aromatic carbocycles. The van der Waals surface area contributed by atoms with Crippen LogP contribution in [0.1, 0.15) is 30.1 Å². The highest BCUT2D eigenvalue weighted by molar-refractivity contribution is 5.78. The van der Waals surface area contributed by atoms with Crippen LogP contribution in [0.2, 0.25) is 0 Å². The van der Waals surface area contributed by atoms with Gasteiger partial charge in [0.1, 0.15) is 0 Å². The SMILES string of the molecule is O=C(Cc1ccccn1)N1CCCC(c2nc(N3CCOCC3)ncc2-c2cccnc2)C1. The Kier molecular flexibility index (Phi) is 6.53. The summed E-state index contributed by atoms with van der Waals surface area (Å²) in [6, 6.07) is 9.66. The third-order valence-electron chi connectivity index (χ3n) is 6.29. The van der Waals surface area contributed by atoms with Crippen molar-refractivity contribution < 1.29 is 9.53 Å². The van der Waals surface area contributed by atoms with Crippen molar-refractivity contribution in [3.63, 3.8) is 0 Å². The van der Waals surface area contributed by atoms with Crippen molar-refractivity contribution in [2.24, 2.45) is 0 Å². The van der Waals surface area contributed by atoms with Crippen molar-refractivity contribution in [1.29, 1.82) is 0 Å². The minimum absolute atomic E-state index is 0.115. The van der Waals surface area contributed by atoms with E-state index in [0.29, 0.717) is 26.2 Å². The minimum Gasteiger partial charge on any atom is -0.378 e. The number of carbonyl (C=O) groups excluding carboxylic acids is 1. The number of carbonyl (C=O) groups is 1. The molecule has 2 fully saturated rings. The van der Waals surface area contributed by atoms with Crippen LogP contribution in [-0.2, 0) is 16.0 Å². The molecule has 0 bridgehead atoms. The predicted molar refractivity (Wildman–Crippen MR) is 125 cm³/mol. The normalized spacial score (nSPS) is 18.8. The molecule has 5 rings (SSSR count). The van der Waals surface area contributed by atoms with Crippen LogP contribution in [0.3, 0.4) is 0 Å². The lowest BCUT2D eigenvalue weighted by Crippen LogP contribution is -2.41. The summed E-state index contributed by atoms with van der Waals surface area (Å²) >= 11 is 0. The summed E-state index contributed by atoms with van der Waals surface area (Å²) < 4.78 is 5.50. The molecule has 8 nitrogen and oxygen atoms in total. The first-order valence-electron chi connectivity index (χ1n) is 11.6. The van der Waals surface area contributed by atoms with Gasteiger partial charge in [0.05, 0.1) is 25.3 Å². The molecule has 170 valence electrons. The van der Waals surface area contributed by atoms with Gasteiger partial charge in [-0.15, -0.1) is 0 Å². The molecule has 0 radical (unpaired) electrons. The number of morpholine rings is 1. The number of anilines is 1. The van der Waals surface area contributed by atoms with Crippen molar-refractivity contribution in [3.8, 4) is 11.1 Å². The largest absolute Gasteiger partial charge is 0.378 e. The molecule has 8 heteroatoms. The lowest BCUT2D eigenvalue weighted by atomic mass is 9.90. The number of likely N-dealkylation sites (tertiary alicyclic amines) is 1. The average Bonchev–Trinajstić information content (AvgIpc) is 2.90. The van der Waals surface area contributed by atoms with Crippen molar-refractivity contribution >= 4 is 11.9 Å². The van der Waals surface area contributed by atoms with E-state index in [9.17, 15) is 4.79 Å². The van der Waals surface area contributed by atoms with E-state index < -0.39 is 0 Å². The van der Waals surface area contributed by atoms with E-state index >= 15 is 0 Å². The first-order chi connectivity index (χ1) is 16.3. The van der Waals surface area contributed by atoms with E-state index in [-0.39, 0.29) is 11.8 Å². The number of rotatable bonds is 5. The van der Waals surface area contributed by atoms with Crippen LogP contribution < -0.4 is 4.90 Å². The molecule has 1 atom stereocenters. The summed E-state index contributed by atoms with van der Waals surface area (Å²) in [7, 11) is 0. The molecule has 3 aromatic heterocycles. The lowest BCUT2D eigenvalue weighted by Gasteiger charge is -2.34. The quantitative estimate of drug-likeness (QED) is 0.598. The van der Waals surface area contributed by atoms with Gasteiger partial charge in [0.25, 0.3) is 0 Å². The summed E-state index contributed by atoms with van der Waals surface area (Å²) in [5, 5.41) is 0. The molecule has 33 heavy (non-hydrogen) atoms. The molecule has 1 amide bonds. The molecule has 0 N–H and O–H groups in total. The molecule has 2 aliphatic heterocycles. The van der Waals surface area contributed by atoms with Gasteiger partial charge in [-0.25, -0.2) is 9.97 Å². The number of hydrogen-bond donors (Lipinski definition) is 0. The van der Waals surface area contributed by atoms with Gasteiger partial charge in [0.2, 0.25) is 11.9 Å². The summed E-state index contributed by atoms with van der Waals surface area (Å²) in [5.74, 6) is 0.992. The summed E-state index contributed by atoms with van der Waals surface area (Å²) in [4.78, 5) is 35.5. The fourth-order valence-corrected chi connectivity index (χ4v) is 4.55. The van der Waals surface area contributed by atoms with Gasteiger partial charge < -0.3 is 14.5 Å².